The highest BCUT2D eigenvalue weighted by Gasteiger charge is 2.40. The first-order valence-corrected chi connectivity index (χ1v) is 11.1. The fourth-order valence-electron chi connectivity index (χ4n) is 4.44. The highest BCUT2D eigenvalue weighted by molar-refractivity contribution is 5.89. The van der Waals surface area contributed by atoms with Crippen molar-refractivity contribution in [2.45, 2.75) is 70.9 Å². The summed E-state index contributed by atoms with van der Waals surface area (Å²) < 4.78 is 0. The molecule has 1 heterocycles. The molecule has 0 unspecified atom stereocenters. The van der Waals surface area contributed by atoms with Crippen LogP contribution in [0.1, 0.15) is 57.9 Å². The van der Waals surface area contributed by atoms with Gasteiger partial charge >= 0.3 is 0 Å². The summed E-state index contributed by atoms with van der Waals surface area (Å²) in [7, 11) is 0. The van der Waals surface area contributed by atoms with E-state index >= 15 is 0 Å². The predicted octanol–water partition coefficient (Wildman–Crippen LogP) is 4.51. The zero-order chi connectivity index (χ0) is 20.6. The molecule has 0 saturated carbocycles. The van der Waals surface area contributed by atoms with Gasteiger partial charge in [-0.25, -0.2) is 0 Å². The van der Waals surface area contributed by atoms with Crippen molar-refractivity contribution in [2.75, 3.05) is 13.1 Å². The second-order valence-electron chi connectivity index (χ2n) is 8.21. The Morgan fingerprint density at radius 1 is 1.14 bits per heavy atom. The van der Waals surface area contributed by atoms with Crippen molar-refractivity contribution in [1.29, 1.82) is 0 Å². The van der Waals surface area contributed by atoms with Gasteiger partial charge in [-0.3, -0.25) is 9.59 Å². The summed E-state index contributed by atoms with van der Waals surface area (Å²) in [5, 5.41) is 0. The minimum Gasteiger partial charge on any atom is -0.339 e. The number of carbonyl (C=O) groups is 2. The zero-order valence-corrected chi connectivity index (χ0v) is 17.8. The number of aryl methyl sites for hydroxylation is 1. The second-order valence-corrected chi connectivity index (χ2v) is 8.21. The maximum absolute atomic E-state index is 13.3. The van der Waals surface area contributed by atoms with E-state index in [1.165, 1.54) is 11.1 Å². The Hall–Kier alpha value is -2.36. The summed E-state index contributed by atoms with van der Waals surface area (Å²) in [6.07, 6.45) is 12.8. The number of piperazine rings is 1. The van der Waals surface area contributed by atoms with Crippen LogP contribution in [0.5, 0.6) is 0 Å². The molecule has 0 spiro atoms. The number of carbonyl (C=O) groups excluding carboxylic acids is 2. The van der Waals surface area contributed by atoms with Crippen LogP contribution in [-0.2, 0) is 16.0 Å². The Morgan fingerprint density at radius 2 is 1.93 bits per heavy atom. The predicted molar refractivity (Wildman–Crippen MR) is 117 cm³/mol. The summed E-state index contributed by atoms with van der Waals surface area (Å²) in [5.41, 5.74) is 2.53. The van der Waals surface area contributed by atoms with E-state index in [4.69, 9.17) is 0 Å². The van der Waals surface area contributed by atoms with Gasteiger partial charge in [-0.1, -0.05) is 55.5 Å². The Kier molecular flexibility index (Phi) is 7.68. The first kappa shape index (κ1) is 21.4. The van der Waals surface area contributed by atoms with Gasteiger partial charge in [0, 0.05) is 32.0 Å². The van der Waals surface area contributed by atoms with Crippen LogP contribution in [0, 0.1) is 0 Å². The number of allylic oxidation sites excluding steroid dienone is 3. The average molecular weight is 395 g/mol. The summed E-state index contributed by atoms with van der Waals surface area (Å²) in [5.74, 6) is 0.199. The van der Waals surface area contributed by atoms with Gasteiger partial charge in [0.15, 0.2) is 0 Å². The highest BCUT2D eigenvalue weighted by Crippen LogP contribution is 2.26. The molecule has 0 aromatic heterocycles. The lowest BCUT2D eigenvalue weighted by Gasteiger charge is -2.45. The van der Waals surface area contributed by atoms with Crippen LogP contribution in [0.25, 0.3) is 0 Å². The SMILES string of the molecule is CCC(=O)N1[C@@H](C)CN(CCCCc2ccccc2)C(=O)[C@@H]1CC1=CCCC=C1. The van der Waals surface area contributed by atoms with Gasteiger partial charge in [0.2, 0.25) is 11.8 Å². The molecule has 4 nitrogen and oxygen atoms in total. The lowest BCUT2D eigenvalue weighted by Crippen LogP contribution is -2.62. The molecule has 29 heavy (non-hydrogen) atoms. The lowest BCUT2D eigenvalue weighted by molar-refractivity contribution is -0.155. The van der Waals surface area contributed by atoms with Crippen LogP contribution in [0.15, 0.2) is 54.1 Å². The molecule has 1 fully saturated rings. The van der Waals surface area contributed by atoms with Crippen LogP contribution >= 0.6 is 0 Å². The summed E-state index contributed by atoms with van der Waals surface area (Å²) in [6, 6.07) is 10.2. The van der Waals surface area contributed by atoms with Crippen LogP contribution in [-0.4, -0.2) is 46.8 Å². The van der Waals surface area contributed by atoms with Gasteiger partial charge in [0.1, 0.15) is 6.04 Å². The third-order valence-electron chi connectivity index (χ3n) is 5.97. The summed E-state index contributed by atoms with van der Waals surface area (Å²) in [6.45, 7) is 5.37. The number of hydrogen-bond acceptors (Lipinski definition) is 2. The quantitative estimate of drug-likeness (QED) is 0.609. The molecule has 0 bridgehead atoms. The fourth-order valence-corrected chi connectivity index (χ4v) is 4.44. The molecule has 2 amide bonds. The van der Waals surface area contributed by atoms with E-state index in [1.807, 2.05) is 22.8 Å². The Morgan fingerprint density at radius 3 is 2.62 bits per heavy atom. The van der Waals surface area contributed by atoms with E-state index in [9.17, 15) is 9.59 Å². The minimum atomic E-state index is -0.366. The fraction of sp³-hybridized carbons (Fsp3) is 0.520. The summed E-state index contributed by atoms with van der Waals surface area (Å²) >= 11 is 0. The molecule has 1 aliphatic heterocycles. The van der Waals surface area contributed by atoms with E-state index in [2.05, 4.69) is 49.4 Å². The van der Waals surface area contributed by atoms with E-state index in [-0.39, 0.29) is 23.9 Å². The smallest absolute Gasteiger partial charge is 0.245 e. The first-order valence-electron chi connectivity index (χ1n) is 11.1. The third kappa shape index (κ3) is 5.59. The van der Waals surface area contributed by atoms with Crippen LogP contribution in [0.4, 0.5) is 0 Å². The maximum atomic E-state index is 13.3. The molecule has 2 atom stereocenters. The van der Waals surface area contributed by atoms with Crippen molar-refractivity contribution in [3.05, 3.63) is 59.7 Å². The molecule has 2 aliphatic rings. The molecule has 1 saturated heterocycles. The Bertz CT molecular complexity index is 753. The van der Waals surface area contributed by atoms with Crippen LogP contribution in [0.2, 0.25) is 0 Å². The van der Waals surface area contributed by atoms with Crippen molar-refractivity contribution < 1.29 is 9.59 Å². The van der Waals surface area contributed by atoms with E-state index in [0.717, 1.165) is 38.6 Å². The minimum absolute atomic E-state index is 0.0624. The molecule has 1 aromatic rings. The number of nitrogens with zero attached hydrogens (tertiary/aromatic N) is 2. The standard InChI is InChI=1S/C25H34N2O2/c1-3-24(28)27-20(2)19-26(17-11-10-14-21-12-6-4-7-13-21)25(29)23(27)18-22-15-8-5-9-16-22/h4,6-8,12-13,15-16,20,23H,3,5,9-11,14,17-19H2,1-2H3/t20-,23-/m0/s1. The van der Waals surface area contributed by atoms with Gasteiger partial charge in [-0.05, 0) is 50.2 Å². The van der Waals surface area contributed by atoms with E-state index in [0.29, 0.717) is 19.4 Å². The van der Waals surface area contributed by atoms with Crippen molar-refractivity contribution in [3.8, 4) is 0 Å². The molecular weight excluding hydrogens is 360 g/mol. The normalized spacial score (nSPS) is 22.0. The Balaban J connectivity index is 1.63. The molecular formula is C25H34N2O2. The highest BCUT2D eigenvalue weighted by atomic mass is 16.2. The molecule has 1 aliphatic carbocycles. The third-order valence-corrected chi connectivity index (χ3v) is 5.97. The molecule has 3 rings (SSSR count). The largest absolute Gasteiger partial charge is 0.339 e. The number of amides is 2. The second kappa shape index (κ2) is 10.4. The van der Waals surface area contributed by atoms with Crippen molar-refractivity contribution in [3.63, 3.8) is 0 Å². The molecule has 4 heteroatoms. The lowest BCUT2D eigenvalue weighted by atomic mass is 9.94. The van der Waals surface area contributed by atoms with Gasteiger partial charge in [-0.15, -0.1) is 0 Å². The number of rotatable bonds is 8. The van der Waals surface area contributed by atoms with E-state index in [1.54, 1.807) is 0 Å². The first-order chi connectivity index (χ1) is 14.1. The zero-order valence-electron chi connectivity index (χ0n) is 17.8. The molecule has 0 radical (unpaired) electrons. The van der Waals surface area contributed by atoms with Crippen LogP contribution in [0.3, 0.4) is 0 Å². The molecule has 1 aromatic carbocycles. The number of unbranched alkanes of at least 4 members (excludes halogenated alkanes) is 1. The van der Waals surface area contributed by atoms with Crippen molar-refractivity contribution >= 4 is 11.8 Å². The van der Waals surface area contributed by atoms with Crippen molar-refractivity contribution in [2.24, 2.45) is 0 Å². The Labute approximate surface area is 175 Å². The van der Waals surface area contributed by atoms with Crippen LogP contribution < -0.4 is 0 Å². The van der Waals surface area contributed by atoms with Gasteiger partial charge in [-0.2, -0.15) is 0 Å². The topological polar surface area (TPSA) is 40.6 Å². The summed E-state index contributed by atoms with van der Waals surface area (Å²) in [4.78, 5) is 29.8. The molecule has 156 valence electrons. The van der Waals surface area contributed by atoms with Gasteiger partial charge in [0.05, 0.1) is 0 Å². The van der Waals surface area contributed by atoms with E-state index < -0.39 is 0 Å². The maximum Gasteiger partial charge on any atom is 0.245 e. The monoisotopic (exact) mass is 394 g/mol. The van der Waals surface area contributed by atoms with Crippen molar-refractivity contribution in [1.82, 2.24) is 9.80 Å². The average Bonchev–Trinajstić information content (AvgIpc) is 2.75. The molecule has 0 N–H and O–H groups in total. The number of hydrogen-bond donors (Lipinski definition) is 0. The number of benzene rings is 1. The van der Waals surface area contributed by atoms with Gasteiger partial charge in [0.25, 0.3) is 0 Å². The van der Waals surface area contributed by atoms with Gasteiger partial charge < -0.3 is 9.80 Å².